The van der Waals surface area contributed by atoms with Crippen molar-refractivity contribution < 1.29 is 21.1 Å². The van der Waals surface area contributed by atoms with Gasteiger partial charge in [-0.15, -0.1) is 21.4 Å². The summed E-state index contributed by atoms with van der Waals surface area (Å²) in [4.78, 5) is 32.0. The average molecular weight is 379 g/mol. The third-order valence-electron chi connectivity index (χ3n) is 0. The Labute approximate surface area is 83.6 Å². The van der Waals surface area contributed by atoms with Crippen molar-refractivity contribution in [1.29, 1.82) is 0 Å². The van der Waals surface area contributed by atoms with Gasteiger partial charge in [0.1, 0.15) is 0 Å². The van der Waals surface area contributed by atoms with E-state index >= 15 is 0 Å². The fraction of sp³-hybridized carbons (Fsp3) is 0. The molecule has 13 heavy (non-hydrogen) atoms. The van der Waals surface area contributed by atoms with Gasteiger partial charge in [0.25, 0.3) is 0 Å². The molecule has 0 atom stereocenters. The van der Waals surface area contributed by atoms with Crippen molar-refractivity contribution in [2.45, 2.75) is 0 Å². The van der Waals surface area contributed by atoms with Crippen LogP contribution in [0.15, 0.2) is 21.4 Å². The van der Waals surface area contributed by atoms with Gasteiger partial charge in [-0.05, 0) is 0 Å². The van der Waals surface area contributed by atoms with Crippen molar-refractivity contribution in [3.63, 3.8) is 0 Å². The molecular formula is N4O8Pt-4. The largest absolute Gasteiger partial charge is 0.444 e. The molecule has 0 unspecified atom stereocenters. The van der Waals surface area contributed by atoms with Crippen LogP contribution in [0.3, 0.4) is 0 Å². The van der Waals surface area contributed by atoms with E-state index in [1.807, 2.05) is 0 Å². The van der Waals surface area contributed by atoms with Crippen molar-refractivity contribution in [3.8, 4) is 0 Å². The molecule has 0 saturated heterocycles. The first kappa shape index (κ1) is 30.2. The van der Waals surface area contributed by atoms with Crippen LogP contribution in [0.4, 0.5) is 0 Å². The predicted octanol–water partition coefficient (Wildman–Crippen LogP) is 1.000. The van der Waals surface area contributed by atoms with Crippen LogP contribution in [0.5, 0.6) is 0 Å². The van der Waals surface area contributed by atoms with Gasteiger partial charge in [0, 0.05) is 21.1 Å². The number of nitrogens with zero attached hydrogens (tertiary/aromatic N) is 4. The molecule has 0 aromatic carbocycles. The monoisotopic (exact) mass is 379 g/mol. The summed E-state index contributed by atoms with van der Waals surface area (Å²) in [5.74, 6) is 0. The van der Waals surface area contributed by atoms with E-state index in [-0.39, 0.29) is 21.1 Å². The van der Waals surface area contributed by atoms with Gasteiger partial charge in [0.15, 0.2) is 0 Å². The van der Waals surface area contributed by atoms with Crippen LogP contribution in [0, 0.1) is 40.5 Å². The van der Waals surface area contributed by atoms with Crippen LogP contribution < -0.4 is 0 Å². The fourth-order valence-corrected chi connectivity index (χ4v) is 0. The summed E-state index contributed by atoms with van der Waals surface area (Å²) in [7, 11) is 0. The van der Waals surface area contributed by atoms with Gasteiger partial charge in [0.2, 0.25) is 0 Å². The van der Waals surface area contributed by atoms with E-state index in [0.29, 0.717) is 0 Å². The zero-order valence-corrected chi connectivity index (χ0v) is 7.64. The summed E-state index contributed by atoms with van der Waals surface area (Å²) in [5, 5.41) is 36.0. The molecular weight excluding hydrogens is 379 g/mol. The topological polar surface area (TPSA) is 210 Å². The van der Waals surface area contributed by atoms with E-state index in [0.717, 1.165) is 21.4 Å². The van der Waals surface area contributed by atoms with Crippen molar-refractivity contribution in [1.82, 2.24) is 0 Å². The molecule has 0 radical (unpaired) electrons. The smallest absolute Gasteiger partial charge is 0 e. The Hall–Kier alpha value is -1.71. The van der Waals surface area contributed by atoms with E-state index < -0.39 is 0 Å². The van der Waals surface area contributed by atoms with Crippen LogP contribution in [-0.2, 0) is 21.1 Å². The second kappa shape index (κ2) is 170. The van der Waals surface area contributed by atoms with Crippen molar-refractivity contribution >= 4 is 0 Å². The maximum Gasteiger partial charge on any atom is 0 e. The minimum atomic E-state index is 0. The third kappa shape index (κ3) is 241. The molecule has 0 heterocycles. The van der Waals surface area contributed by atoms with Gasteiger partial charge in [-0.2, -0.15) is 0 Å². The number of hydrogen-bond acceptors (Lipinski definition) is 12. The first-order valence-corrected chi connectivity index (χ1v) is 1.46. The van der Waals surface area contributed by atoms with Gasteiger partial charge in [-0.1, -0.05) is 0 Å². The van der Waals surface area contributed by atoms with Crippen molar-refractivity contribution in [2.24, 2.45) is 21.4 Å². The second-order valence-electron chi connectivity index (χ2n) is 0.298. The SMILES string of the molecule is O=N[O-].O=N[O-].O=N[O-].O=N[O-].[Pt]. The Balaban J connectivity index is -0.0000000213. The zero-order valence-electron chi connectivity index (χ0n) is 5.37. The fourth-order valence-electron chi connectivity index (χ4n) is 0. The first-order valence-electron chi connectivity index (χ1n) is 1.46. The Kier molecular flexibility index (Phi) is 394. The number of hydrogen-bond donors (Lipinski definition) is 0. The van der Waals surface area contributed by atoms with E-state index in [1.165, 1.54) is 0 Å². The summed E-state index contributed by atoms with van der Waals surface area (Å²) in [6.45, 7) is 0. The second-order valence-corrected chi connectivity index (χ2v) is 0.298. The minimum Gasteiger partial charge on any atom is -0.444 e. The molecule has 0 bridgehead atoms. The van der Waals surface area contributed by atoms with Crippen LogP contribution in [-0.4, -0.2) is 0 Å². The molecule has 0 aromatic rings. The zero-order chi connectivity index (χ0) is 10.8. The Morgan fingerprint density at radius 1 is 0.538 bits per heavy atom. The summed E-state index contributed by atoms with van der Waals surface area (Å²) < 4.78 is 0. The minimum absolute atomic E-state index is 0. The summed E-state index contributed by atoms with van der Waals surface area (Å²) in [6, 6.07) is 0. The third-order valence-corrected chi connectivity index (χ3v) is 0. The summed E-state index contributed by atoms with van der Waals surface area (Å²) in [6.07, 6.45) is 0. The molecule has 0 aliphatic carbocycles. The average Bonchev–Trinajstić information content (AvgIpc) is 1.92. The molecule has 0 aromatic heterocycles. The summed E-state index contributed by atoms with van der Waals surface area (Å²) in [5.41, 5.74) is 0. The van der Waals surface area contributed by atoms with E-state index in [1.54, 1.807) is 0 Å². The molecule has 0 aliphatic rings. The van der Waals surface area contributed by atoms with Crippen molar-refractivity contribution in [3.05, 3.63) is 40.5 Å². The molecule has 12 nitrogen and oxygen atoms in total. The Bertz CT molecular complexity index is 70.1. The summed E-state index contributed by atoms with van der Waals surface area (Å²) >= 11 is 0. The molecule has 0 aliphatic heterocycles. The maximum absolute atomic E-state index is 8.00. The Morgan fingerprint density at radius 3 is 0.538 bits per heavy atom. The van der Waals surface area contributed by atoms with Crippen LogP contribution in [0.1, 0.15) is 0 Å². The van der Waals surface area contributed by atoms with Gasteiger partial charge in [0.05, 0.1) is 0 Å². The van der Waals surface area contributed by atoms with Crippen LogP contribution >= 0.6 is 0 Å². The molecule has 82 valence electrons. The number of rotatable bonds is 0. The van der Waals surface area contributed by atoms with E-state index in [4.69, 9.17) is 40.5 Å². The standard InChI is InChI=1S/4HNO2.Pt/c4*2-1-3;/h4*(H,2,3);/p-4. The molecule has 0 rings (SSSR count). The van der Waals surface area contributed by atoms with Gasteiger partial charge >= 0.3 is 0 Å². The van der Waals surface area contributed by atoms with E-state index in [9.17, 15) is 0 Å². The van der Waals surface area contributed by atoms with Crippen LogP contribution in [0.2, 0.25) is 0 Å². The van der Waals surface area contributed by atoms with Crippen molar-refractivity contribution in [2.75, 3.05) is 0 Å². The maximum atomic E-state index is 8.00. The van der Waals surface area contributed by atoms with E-state index in [2.05, 4.69) is 0 Å². The molecule has 0 N–H and O–H groups in total. The normalized spacial score (nSPS) is 3.69. The van der Waals surface area contributed by atoms with Crippen LogP contribution in [0.25, 0.3) is 0 Å². The first-order chi connectivity index (χ1) is 5.66. The predicted molar refractivity (Wildman–Crippen MR) is 36.6 cm³/mol. The molecule has 13 heteroatoms. The van der Waals surface area contributed by atoms with Gasteiger partial charge in [-0.25, -0.2) is 0 Å². The molecule has 0 spiro atoms. The quantitative estimate of drug-likeness (QED) is 0.436. The molecule has 0 amide bonds. The molecule has 0 saturated carbocycles. The molecule has 0 fully saturated rings. The Morgan fingerprint density at radius 2 is 0.538 bits per heavy atom. The van der Waals surface area contributed by atoms with Gasteiger partial charge in [-0.3, -0.25) is 0 Å². The van der Waals surface area contributed by atoms with Gasteiger partial charge < -0.3 is 40.5 Å².